The third kappa shape index (κ3) is 5.74. The number of fused-ring (bicyclic) bond motifs is 17. The number of para-hydroxylation sites is 1. The Kier molecular flexibility index (Phi) is 9.03. The van der Waals surface area contributed by atoms with Crippen molar-refractivity contribution in [3.8, 4) is 56.0 Å². The Morgan fingerprint density at radius 3 is 1.66 bits per heavy atom. The highest BCUT2D eigenvalue weighted by Gasteiger charge is 2.53. The van der Waals surface area contributed by atoms with Crippen LogP contribution in [0.3, 0.4) is 0 Å². The second kappa shape index (κ2) is 15.7. The molecule has 9 aromatic carbocycles. The van der Waals surface area contributed by atoms with E-state index in [1.165, 1.54) is 44.5 Å². The Morgan fingerprint density at radius 2 is 1.00 bits per heavy atom. The zero-order valence-electron chi connectivity index (χ0n) is 38.3. The van der Waals surface area contributed by atoms with Crippen molar-refractivity contribution < 1.29 is 13.9 Å². The van der Waals surface area contributed by atoms with Gasteiger partial charge in [-0.05, 0) is 128 Å². The molecule has 0 aromatic heterocycles. The van der Waals surface area contributed by atoms with Crippen molar-refractivity contribution in [1.29, 1.82) is 0 Å². The Labute approximate surface area is 407 Å². The van der Waals surface area contributed by atoms with Crippen LogP contribution in [0.5, 0.6) is 11.5 Å². The van der Waals surface area contributed by atoms with E-state index in [1.54, 1.807) is 0 Å². The fourth-order valence-electron chi connectivity index (χ4n) is 12.2. The number of nitrogens with zero attached hydrogens (tertiary/aromatic N) is 1. The minimum Gasteiger partial charge on any atom is -0.478 e. The average Bonchev–Trinajstić information content (AvgIpc) is 3.89. The standard InChI is InChI=1S/C66H44FNO2/c1-2-18-52-55-40-61-62(39-54(55)47-23-7-6-21-45(47)46-22-8-9-27-53(46)64(52)67)70-65-44(28-17-34-60(65)69-61)41-35-37-43(38-36-41)68(42-19-4-3-5-20-42)59-33-16-29-51-50-26-12-15-32-58(50)66(63(51)59)56-30-13-10-24-48(56)49-25-11-14-31-57(49)66/h2-40,60,65H,1H3/b18-2-,46-45?,54-47?,55-52?,64-52+,64-53?/t60-,65?/m0/s1. The highest BCUT2D eigenvalue weighted by atomic mass is 19.1. The first-order chi connectivity index (χ1) is 34.6. The van der Waals surface area contributed by atoms with Crippen LogP contribution < -0.4 is 14.4 Å². The third-order valence-corrected chi connectivity index (χ3v) is 15.0. The number of anilines is 3. The van der Waals surface area contributed by atoms with Crippen LogP contribution in [-0.2, 0) is 5.41 Å². The lowest BCUT2D eigenvalue weighted by molar-refractivity contribution is 0.0816. The summed E-state index contributed by atoms with van der Waals surface area (Å²) in [6, 6.07) is 73.4. The lowest BCUT2D eigenvalue weighted by atomic mass is 9.70. The molecule has 1 aliphatic heterocycles. The van der Waals surface area contributed by atoms with E-state index in [9.17, 15) is 0 Å². The van der Waals surface area contributed by atoms with Gasteiger partial charge in [0.15, 0.2) is 23.7 Å². The van der Waals surface area contributed by atoms with Crippen molar-refractivity contribution in [2.24, 2.45) is 0 Å². The molecule has 0 radical (unpaired) electrons. The van der Waals surface area contributed by atoms with E-state index in [0.717, 1.165) is 56.0 Å². The molecule has 1 spiro atoms. The molecule has 0 saturated heterocycles. The van der Waals surface area contributed by atoms with Crippen molar-refractivity contribution in [1.82, 2.24) is 0 Å². The van der Waals surface area contributed by atoms with Gasteiger partial charge in [0.05, 0.1) is 11.1 Å². The minimum atomic E-state index is -0.519. The molecule has 0 N–H and O–H groups in total. The summed E-state index contributed by atoms with van der Waals surface area (Å²) in [5, 5.41) is 0. The van der Waals surface area contributed by atoms with Gasteiger partial charge in [-0.3, -0.25) is 0 Å². The molecule has 0 bridgehead atoms. The molecule has 9 aromatic rings. The molecule has 2 atom stereocenters. The van der Waals surface area contributed by atoms with Crippen LogP contribution in [0.15, 0.2) is 237 Å². The summed E-state index contributed by atoms with van der Waals surface area (Å²) in [5.74, 6) is 0.940. The maximum Gasteiger partial charge on any atom is 0.165 e. The van der Waals surface area contributed by atoms with Gasteiger partial charge in [0.25, 0.3) is 0 Å². The molecule has 4 heteroatoms. The molecule has 1 unspecified atom stereocenters. The summed E-state index contributed by atoms with van der Waals surface area (Å²) >= 11 is 0. The molecule has 4 aliphatic carbocycles. The third-order valence-electron chi connectivity index (χ3n) is 15.0. The van der Waals surface area contributed by atoms with Crippen molar-refractivity contribution >= 4 is 34.0 Å². The smallest absolute Gasteiger partial charge is 0.165 e. The molecule has 3 nitrogen and oxygen atoms in total. The summed E-state index contributed by atoms with van der Waals surface area (Å²) < 4.78 is 30.8. The van der Waals surface area contributed by atoms with Crippen molar-refractivity contribution in [2.75, 3.05) is 4.90 Å². The predicted octanol–water partition coefficient (Wildman–Crippen LogP) is 16.7. The van der Waals surface area contributed by atoms with Crippen molar-refractivity contribution in [2.45, 2.75) is 24.5 Å². The summed E-state index contributed by atoms with van der Waals surface area (Å²) in [6.45, 7) is 1.92. The zero-order valence-corrected chi connectivity index (χ0v) is 38.3. The number of hydrogen-bond donors (Lipinski definition) is 0. The Balaban J connectivity index is 0.876. The highest BCUT2D eigenvalue weighted by molar-refractivity contribution is 6.05. The maximum absolute atomic E-state index is 16.9. The lowest BCUT2D eigenvalue weighted by Crippen LogP contribution is -2.40. The topological polar surface area (TPSA) is 21.7 Å². The maximum atomic E-state index is 16.9. The van der Waals surface area contributed by atoms with E-state index in [1.807, 2.05) is 67.6 Å². The van der Waals surface area contributed by atoms with Gasteiger partial charge in [0.1, 0.15) is 5.83 Å². The van der Waals surface area contributed by atoms with Crippen LogP contribution in [0.25, 0.3) is 61.5 Å². The first kappa shape index (κ1) is 40.3. The molecule has 0 amide bonds. The molecule has 70 heavy (non-hydrogen) atoms. The van der Waals surface area contributed by atoms with Gasteiger partial charge in [-0.15, -0.1) is 0 Å². The first-order valence-electron chi connectivity index (χ1n) is 24.1. The summed E-state index contributed by atoms with van der Waals surface area (Å²) in [6.07, 6.45) is 9.19. The summed E-state index contributed by atoms with van der Waals surface area (Å²) in [4.78, 5) is 2.43. The van der Waals surface area contributed by atoms with Crippen LogP contribution in [0.2, 0.25) is 0 Å². The SMILES string of the molecule is C/C=C\C1=C(/F)c2ccccc2-c2ccccc2-c2cc3c(cc21)O[C@H]1C=CC=C(c2ccc(N(c4ccccc4)c4cccc5c4C4(c6ccccc6-c6ccccc64)c4ccccc4-5)cc2)C1O3. The summed E-state index contributed by atoms with van der Waals surface area (Å²) in [5.41, 5.74) is 20.6. The van der Waals surface area contributed by atoms with Crippen LogP contribution in [0.1, 0.15) is 45.9 Å². The second-order valence-electron chi connectivity index (χ2n) is 18.6. The monoisotopic (exact) mass is 901 g/mol. The van der Waals surface area contributed by atoms with E-state index >= 15 is 4.39 Å². The van der Waals surface area contributed by atoms with Gasteiger partial charge in [-0.25, -0.2) is 4.39 Å². The Bertz CT molecular complexity index is 3700. The van der Waals surface area contributed by atoms with Gasteiger partial charge >= 0.3 is 0 Å². The van der Waals surface area contributed by atoms with Gasteiger partial charge in [-0.1, -0.05) is 188 Å². The Morgan fingerprint density at radius 1 is 0.486 bits per heavy atom. The van der Waals surface area contributed by atoms with Crippen molar-refractivity contribution in [3.05, 3.63) is 276 Å². The highest BCUT2D eigenvalue weighted by Crippen LogP contribution is 2.65. The summed E-state index contributed by atoms with van der Waals surface area (Å²) in [7, 11) is 0. The quantitative estimate of drug-likeness (QED) is 0.172. The number of halogens is 1. The zero-order chi connectivity index (χ0) is 46.5. The van der Waals surface area contributed by atoms with Crippen LogP contribution >= 0.6 is 0 Å². The van der Waals surface area contributed by atoms with E-state index in [-0.39, 0.29) is 5.83 Å². The molecular weight excluding hydrogens is 858 g/mol. The second-order valence-corrected chi connectivity index (χ2v) is 18.6. The predicted molar refractivity (Wildman–Crippen MR) is 283 cm³/mol. The lowest BCUT2D eigenvalue weighted by Gasteiger charge is -2.37. The number of hydrogen-bond acceptors (Lipinski definition) is 3. The van der Waals surface area contributed by atoms with Crippen molar-refractivity contribution in [3.63, 3.8) is 0 Å². The largest absolute Gasteiger partial charge is 0.478 e. The van der Waals surface area contributed by atoms with E-state index < -0.39 is 17.6 Å². The van der Waals surface area contributed by atoms with E-state index in [0.29, 0.717) is 22.6 Å². The molecule has 0 fully saturated rings. The number of allylic oxidation sites excluding steroid dienone is 5. The number of benzene rings is 9. The number of ether oxygens (including phenoxy) is 2. The minimum absolute atomic E-state index is 0.272. The first-order valence-corrected chi connectivity index (χ1v) is 24.1. The molecule has 1 heterocycles. The Hall–Kier alpha value is -8.73. The van der Waals surface area contributed by atoms with Gasteiger partial charge in [-0.2, -0.15) is 0 Å². The fraction of sp³-hybridized carbons (Fsp3) is 0.0606. The molecule has 14 rings (SSSR count). The van der Waals surface area contributed by atoms with Crippen LogP contribution in [-0.4, -0.2) is 12.2 Å². The van der Waals surface area contributed by atoms with Gasteiger partial charge < -0.3 is 14.4 Å². The normalized spacial score (nSPS) is 18.0. The number of rotatable bonds is 5. The van der Waals surface area contributed by atoms with Crippen LogP contribution in [0.4, 0.5) is 21.5 Å². The van der Waals surface area contributed by atoms with E-state index in [4.69, 9.17) is 9.47 Å². The van der Waals surface area contributed by atoms with E-state index in [2.05, 4.69) is 181 Å². The molecule has 5 aliphatic rings. The molecule has 0 saturated carbocycles. The van der Waals surface area contributed by atoms with Crippen LogP contribution in [0, 0.1) is 0 Å². The average molecular weight is 902 g/mol. The fourth-order valence-corrected chi connectivity index (χ4v) is 12.2. The van der Waals surface area contributed by atoms with Gasteiger partial charge in [0.2, 0.25) is 0 Å². The molecular formula is C66H44FNO2. The molecule has 332 valence electrons. The van der Waals surface area contributed by atoms with Gasteiger partial charge in [0, 0.05) is 33.6 Å².